The number of hydrogen-bond acceptors (Lipinski definition) is 4. The molecule has 0 spiro atoms. The van der Waals surface area contributed by atoms with Gasteiger partial charge >= 0.3 is 0 Å². The third-order valence-electron chi connectivity index (χ3n) is 4.86. The topological polar surface area (TPSA) is 66.9 Å². The molecular weight excluding hydrogens is 376 g/mol. The van der Waals surface area contributed by atoms with E-state index in [9.17, 15) is 13.2 Å². The molecule has 1 amide bonds. The molecule has 3 rings (SSSR count). The van der Waals surface area contributed by atoms with Gasteiger partial charge in [-0.15, -0.1) is 0 Å². The lowest BCUT2D eigenvalue weighted by Crippen LogP contribution is -2.51. The molecule has 2 aromatic carbocycles. The maximum atomic E-state index is 12.7. The number of amides is 1. The highest BCUT2D eigenvalue weighted by Crippen LogP contribution is 2.26. The molecule has 6 nitrogen and oxygen atoms in total. The van der Waals surface area contributed by atoms with Crippen molar-refractivity contribution in [1.29, 1.82) is 0 Å². The van der Waals surface area contributed by atoms with Crippen LogP contribution in [0.3, 0.4) is 0 Å². The Kier molecular flexibility index (Phi) is 6.36. The van der Waals surface area contributed by atoms with Crippen LogP contribution in [0.1, 0.15) is 25.3 Å². The van der Waals surface area contributed by atoms with E-state index in [1.54, 1.807) is 35.2 Å². The molecule has 1 aliphatic rings. The van der Waals surface area contributed by atoms with Crippen LogP contribution in [0.4, 0.5) is 0 Å². The molecule has 0 aliphatic carbocycles. The summed E-state index contributed by atoms with van der Waals surface area (Å²) in [7, 11) is -3.52. The molecule has 7 heteroatoms. The number of hydrogen-bond donors (Lipinski definition) is 0. The molecule has 2 aromatic rings. The Hall–Kier alpha value is -2.38. The van der Waals surface area contributed by atoms with Crippen LogP contribution >= 0.6 is 0 Å². The zero-order valence-corrected chi connectivity index (χ0v) is 17.1. The van der Waals surface area contributed by atoms with E-state index >= 15 is 0 Å². The first-order valence-electron chi connectivity index (χ1n) is 9.44. The Morgan fingerprint density at radius 1 is 0.964 bits per heavy atom. The smallest absolute Gasteiger partial charge is 0.260 e. The fourth-order valence-electron chi connectivity index (χ4n) is 3.24. The Labute approximate surface area is 166 Å². The summed E-state index contributed by atoms with van der Waals surface area (Å²) in [5.41, 5.74) is 1.06. The lowest BCUT2D eigenvalue weighted by Gasteiger charge is -2.34. The summed E-state index contributed by atoms with van der Waals surface area (Å²) in [6.07, 6.45) is 0. The van der Waals surface area contributed by atoms with E-state index < -0.39 is 10.0 Å². The van der Waals surface area contributed by atoms with Crippen molar-refractivity contribution >= 4 is 15.9 Å². The van der Waals surface area contributed by atoms with Crippen molar-refractivity contribution in [2.75, 3.05) is 32.8 Å². The first kappa shape index (κ1) is 20.4. The predicted octanol–water partition coefficient (Wildman–Crippen LogP) is 2.72. The minimum absolute atomic E-state index is 0.0465. The van der Waals surface area contributed by atoms with Crippen LogP contribution in [-0.4, -0.2) is 56.3 Å². The number of rotatable bonds is 6. The number of carbonyl (C=O) groups is 1. The van der Waals surface area contributed by atoms with Gasteiger partial charge in [-0.2, -0.15) is 4.31 Å². The predicted molar refractivity (Wildman–Crippen MR) is 108 cm³/mol. The number of sulfonamides is 1. The minimum Gasteiger partial charge on any atom is -0.483 e. The van der Waals surface area contributed by atoms with Gasteiger partial charge in [-0.05, 0) is 29.7 Å². The van der Waals surface area contributed by atoms with Crippen LogP contribution in [0.25, 0.3) is 0 Å². The molecule has 150 valence electrons. The SMILES string of the molecule is CC(C)c1ccccc1OCC(=O)N1CCN(S(=O)(=O)c2ccccc2)CC1. The molecule has 0 N–H and O–H groups in total. The van der Waals surface area contributed by atoms with Crippen LogP contribution in [0.2, 0.25) is 0 Å². The van der Waals surface area contributed by atoms with Gasteiger partial charge in [0.05, 0.1) is 4.90 Å². The summed E-state index contributed by atoms with van der Waals surface area (Å²) in [4.78, 5) is 14.5. The summed E-state index contributed by atoms with van der Waals surface area (Å²) in [5, 5.41) is 0. The molecule has 1 aliphatic heterocycles. The van der Waals surface area contributed by atoms with Gasteiger partial charge in [0, 0.05) is 26.2 Å². The molecule has 0 bridgehead atoms. The number of nitrogens with zero attached hydrogens (tertiary/aromatic N) is 2. The first-order valence-corrected chi connectivity index (χ1v) is 10.9. The van der Waals surface area contributed by atoms with Gasteiger partial charge in [-0.25, -0.2) is 8.42 Å². The standard InChI is InChI=1S/C21H26N2O4S/c1-17(2)19-10-6-7-11-20(19)27-16-21(24)22-12-14-23(15-13-22)28(25,26)18-8-4-3-5-9-18/h3-11,17H,12-16H2,1-2H3. The number of piperazine rings is 1. The highest BCUT2D eigenvalue weighted by Gasteiger charge is 2.30. The quantitative estimate of drug-likeness (QED) is 0.745. The second-order valence-electron chi connectivity index (χ2n) is 7.08. The number of para-hydroxylation sites is 1. The van der Waals surface area contributed by atoms with Crippen LogP contribution < -0.4 is 4.74 Å². The second kappa shape index (κ2) is 8.75. The van der Waals surface area contributed by atoms with Gasteiger partial charge in [-0.3, -0.25) is 4.79 Å². The Morgan fingerprint density at radius 2 is 1.57 bits per heavy atom. The first-order chi connectivity index (χ1) is 13.4. The fraction of sp³-hybridized carbons (Fsp3) is 0.381. The van der Waals surface area contributed by atoms with Gasteiger partial charge in [0.15, 0.2) is 6.61 Å². The lowest BCUT2D eigenvalue weighted by molar-refractivity contribution is -0.134. The van der Waals surface area contributed by atoms with Gasteiger partial charge in [0.25, 0.3) is 5.91 Å². The summed E-state index contributed by atoms with van der Waals surface area (Å²) >= 11 is 0. The van der Waals surface area contributed by atoms with Gasteiger partial charge in [-0.1, -0.05) is 50.2 Å². The molecule has 28 heavy (non-hydrogen) atoms. The molecular formula is C21H26N2O4S. The van der Waals surface area contributed by atoms with E-state index in [1.165, 1.54) is 4.31 Å². The molecule has 1 saturated heterocycles. The van der Waals surface area contributed by atoms with E-state index in [1.807, 2.05) is 24.3 Å². The summed E-state index contributed by atoms with van der Waals surface area (Å²) in [5.74, 6) is 0.893. The maximum Gasteiger partial charge on any atom is 0.260 e. The van der Waals surface area contributed by atoms with E-state index in [0.29, 0.717) is 19.0 Å². The minimum atomic E-state index is -3.52. The van der Waals surface area contributed by atoms with Crippen molar-refractivity contribution < 1.29 is 17.9 Å². The highest BCUT2D eigenvalue weighted by molar-refractivity contribution is 7.89. The van der Waals surface area contributed by atoms with E-state index in [2.05, 4.69) is 13.8 Å². The van der Waals surface area contributed by atoms with Crippen molar-refractivity contribution in [3.05, 3.63) is 60.2 Å². The normalized spacial score (nSPS) is 15.6. The van der Waals surface area contributed by atoms with Gasteiger partial charge in [0.2, 0.25) is 10.0 Å². The summed E-state index contributed by atoms with van der Waals surface area (Å²) < 4.78 is 32.5. The highest BCUT2D eigenvalue weighted by atomic mass is 32.2. The fourth-order valence-corrected chi connectivity index (χ4v) is 4.68. The average molecular weight is 403 g/mol. The lowest BCUT2D eigenvalue weighted by atomic mass is 10.0. The maximum absolute atomic E-state index is 12.7. The van der Waals surface area contributed by atoms with Crippen LogP contribution in [0.5, 0.6) is 5.75 Å². The third kappa shape index (κ3) is 4.54. The van der Waals surface area contributed by atoms with Crippen molar-refractivity contribution in [2.45, 2.75) is 24.7 Å². The third-order valence-corrected chi connectivity index (χ3v) is 6.78. The van der Waals surface area contributed by atoms with E-state index in [-0.39, 0.29) is 30.5 Å². The number of ether oxygens (including phenoxy) is 1. The van der Waals surface area contributed by atoms with E-state index in [4.69, 9.17) is 4.74 Å². The average Bonchev–Trinajstić information content (AvgIpc) is 2.73. The Bertz CT molecular complexity index is 905. The molecule has 1 heterocycles. The monoisotopic (exact) mass is 402 g/mol. The summed E-state index contributed by atoms with van der Waals surface area (Å²) in [6, 6.07) is 16.1. The molecule has 0 radical (unpaired) electrons. The van der Waals surface area contributed by atoms with E-state index in [0.717, 1.165) is 11.3 Å². The molecule has 0 atom stereocenters. The van der Waals surface area contributed by atoms with Crippen LogP contribution in [-0.2, 0) is 14.8 Å². The zero-order valence-electron chi connectivity index (χ0n) is 16.2. The van der Waals surface area contributed by atoms with Crippen LogP contribution in [0.15, 0.2) is 59.5 Å². The van der Waals surface area contributed by atoms with Gasteiger partial charge in [0.1, 0.15) is 5.75 Å². The summed E-state index contributed by atoms with van der Waals surface area (Å²) in [6.45, 7) is 5.40. The number of carbonyl (C=O) groups excluding carboxylic acids is 1. The van der Waals surface area contributed by atoms with Crippen molar-refractivity contribution in [3.63, 3.8) is 0 Å². The molecule has 0 aromatic heterocycles. The van der Waals surface area contributed by atoms with Crippen LogP contribution in [0, 0.1) is 0 Å². The van der Waals surface area contributed by atoms with Crippen molar-refractivity contribution in [1.82, 2.24) is 9.21 Å². The largest absolute Gasteiger partial charge is 0.483 e. The zero-order chi connectivity index (χ0) is 20.1. The Balaban J connectivity index is 1.56. The van der Waals surface area contributed by atoms with Crippen molar-refractivity contribution in [2.24, 2.45) is 0 Å². The molecule has 0 unspecified atom stereocenters. The van der Waals surface area contributed by atoms with Crippen molar-refractivity contribution in [3.8, 4) is 5.75 Å². The molecule has 0 saturated carbocycles. The second-order valence-corrected chi connectivity index (χ2v) is 9.02. The Morgan fingerprint density at radius 3 is 2.21 bits per heavy atom. The number of benzene rings is 2. The van der Waals surface area contributed by atoms with Gasteiger partial charge < -0.3 is 9.64 Å². The molecule has 1 fully saturated rings.